The summed E-state index contributed by atoms with van der Waals surface area (Å²) in [6.07, 6.45) is 0.879. The third-order valence-corrected chi connectivity index (χ3v) is 6.53. The van der Waals surface area contributed by atoms with E-state index in [0.29, 0.717) is 22.3 Å². The first-order valence-corrected chi connectivity index (χ1v) is 13.8. The summed E-state index contributed by atoms with van der Waals surface area (Å²) >= 11 is 0. The van der Waals surface area contributed by atoms with E-state index in [1.165, 1.54) is 26.4 Å². The van der Waals surface area contributed by atoms with Gasteiger partial charge < -0.3 is 23.5 Å². The molecule has 0 bridgehead atoms. The van der Waals surface area contributed by atoms with E-state index in [-0.39, 0.29) is 46.6 Å². The van der Waals surface area contributed by atoms with Crippen molar-refractivity contribution < 1.29 is 36.8 Å². The zero-order valence-corrected chi connectivity index (χ0v) is 23.0. The van der Waals surface area contributed by atoms with Crippen molar-refractivity contribution in [2.75, 3.05) is 20.5 Å². The number of rotatable bonds is 10. The van der Waals surface area contributed by atoms with Gasteiger partial charge in [0.25, 0.3) is 5.69 Å². The van der Waals surface area contributed by atoms with E-state index in [4.69, 9.17) is 18.4 Å². The van der Waals surface area contributed by atoms with E-state index < -0.39 is 15.0 Å². The molecule has 208 valence electrons. The van der Waals surface area contributed by atoms with E-state index in [1.807, 2.05) is 30.3 Å². The number of methoxy groups -OCH3 is 2. The lowest BCUT2D eigenvalue weighted by Gasteiger charge is -2.21. The molecule has 4 aromatic rings. The second kappa shape index (κ2) is 11.5. The van der Waals surface area contributed by atoms with Gasteiger partial charge in [0.2, 0.25) is 0 Å². The Balaban J connectivity index is 1.88. The summed E-state index contributed by atoms with van der Waals surface area (Å²) in [5, 5.41) is 22.3. The van der Waals surface area contributed by atoms with Gasteiger partial charge in [-0.2, -0.15) is 8.42 Å². The molecule has 0 saturated carbocycles. The van der Waals surface area contributed by atoms with Crippen LogP contribution in [-0.2, 0) is 16.7 Å². The monoisotopic (exact) mass is 565 g/mol. The van der Waals surface area contributed by atoms with E-state index in [1.54, 1.807) is 37.3 Å². The normalized spacial score (nSPS) is 11.1. The summed E-state index contributed by atoms with van der Waals surface area (Å²) in [6.45, 7) is 1.84. The van der Waals surface area contributed by atoms with Gasteiger partial charge in [-0.3, -0.25) is 10.1 Å². The fraction of sp³-hybridized carbons (Fsp3) is 0.172. The average Bonchev–Trinajstić information content (AvgIpc) is 2.91. The lowest BCUT2D eigenvalue weighted by Crippen LogP contribution is -2.09. The molecule has 10 nitrogen and oxygen atoms in total. The van der Waals surface area contributed by atoms with Crippen molar-refractivity contribution in [2.45, 2.75) is 13.5 Å². The van der Waals surface area contributed by atoms with Crippen LogP contribution >= 0.6 is 0 Å². The van der Waals surface area contributed by atoms with E-state index >= 15 is 0 Å². The van der Waals surface area contributed by atoms with Crippen LogP contribution in [0.1, 0.15) is 11.1 Å². The lowest BCUT2D eigenvalue weighted by atomic mass is 9.95. The van der Waals surface area contributed by atoms with Gasteiger partial charge in [-0.05, 0) is 41.8 Å². The Kier molecular flexibility index (Phi) is 8.15. The van der Waals surface area contributed by atoms with Crippen LogP contribution in [0.15, 0.2) is 72.8 Å². The number of nitro benzene ring substituents is 1. The highest BCUT2D eigenvalue weighted by atomic mass is 32.2. The van der Waals surface area contributed by atoms with Gasteiger partial charge in [0.15, 0.2) is 23.0 Å². The minimum atomic E-state index is -4.08. The zero-order valence-electron chi connectivity index (χ0n) is 22.2. The summed E-state index contributed by atoms with van der Waals surface area (Å²) in [6, 6.07) is 20.1. The van der Waals surface area contributed by atoms with E-state index in [0.717, 1.165) is 11.8 Å². The van der Waals surface area contributed by atoms with Gasteiger partial charge in [-0.25, -0.2) is 0 Å². The molecule has 11 heteroatoms. The van der Waals surface area contributed by atoms with Gasteiger partial charge in [-0.15, -0.1) is 0 Å². The van der Waals surface area contributed by atoms with Gasteiger partial charge in [0.1, 0.15) is 12.4 Å². The predicted octanol–water partition coefficient (Wildman–Crippen LogP) is 5.88. The highest BCUT2D eigenvalue weighted by Gasteiger charge is 2.27. The first kappa shape index (κ1) is 28.2. The number of hydrogen-bond donors (Lipinski definition) is 1. The van der Waals surface area contributed by atoms with Gasteiger partial charge in [-0.1, -0.05) is 48.5 Å². The van der Waals surface area contributed by atoms with Crippen molar-refractivity contribution in [1.29, 1.82) is 0 Å². The molecule has 0 radical (unpaired) electrons. The Morgan fingerprint density at radius 3 is 2.17 bits per heavy atom. The van der Waals surface area contributed by atoms with Crippen molar-refractivity contribution in [1.82, 2.24) is 0 Å². The van der Waals surface area contributed by atoms with Crippen molar-refractivity contribution in [3.63, 3.8) is 0 Å². The largest absolute Gasteiger partial charge is 0.504 e. The summed E-state index contributed by atoms with van der Waals surface area (Å²) in [4.78, 5) is 11.1. The van der Waals surface area contributed by atoms with Crippen LogP contribution in [0.2, 0.25) is 0 Å². The number of benzene rings is 4. The molecule has 0 fully saturated rings. The number of hydrogen-bond acceptors (Lipinski definition) is 9. The predicted molar refractivity (Wildman–Crippen MR) is 150 cm³/mol. The van der Waals surface area contributed by atoms with Crippen LogP contribution < -0.4 is 18.4 Å². The minimum Gasteiger partial charge on any atom is -0.504 e. The number of aryl methyl sites for hydroxylation is 1. The third kappa shape index (κ3) is 6.10. The summed E-state index contributed by atoms with van der Waals surface area (Å²) in [5.74, 6) is -0.0103. The first-order chi connectivity index (χ1) is 19.0. The SMILES string of the molecule is COc1cc(-c2ccc(C)c([N+](=O)[O-])c2)c(OC)c(OS(C)(=O)=O)c1-c1ccc(OCc2ccccc2)c(O)c1. The Labute approximate surface area is 231 Å². The summed E-state index contributed by atoms with van der Waals surface area (Å²) < 4.78 is 47.1. The minimum absolute atomic E-state index is 0.00303. The topological polar surface area (TPSA) is 134 Å². The molecule has 0 saturated heterocycles. The second-order valence-electron chi connectivity index (χ2n) is 8.87. The van der Waals surface area contributed by atoms with Crippen LogP contribution in [-0.4, -0.2) is 38.9 Å². The molecular weight excluding hydrogens is 538 g/mol. The smallest absolute Gasteiger partial charge is 0.306 e. The van der Waals surface area contributed by atoms with Gasteiger partial charge in [0.05, 0.1) is 31.0 Å². The first-order valence-electron chi connectivity index (χ1n) is 12.0. The molecule has 0 spiro atoms. The van der Waals surface area contributed by atoms with Crippen molar-refractivity contribution in [2.24, 2.45) is 0 Å². The van der Waals surface area contributed by atoms with E-state index in [2.05, 4.69) is 0 Å². The van der Waals surface area contributed by atoms with Crippen LogP contribution in [0.3, 0.4) is 0 Å². The number of phenols is 1. The van der Waals surface area contributed by atoms with Crippen molar-refractivity contribution >= 4 is 15.8 Å². The maximum atomic E-state index is 12.4. The fourth-order valence-electron chi connectivity index (χ4n) is 4.20. The maximum absolute atomic E-state index is 12.4. The maximum Gasteiger partial charge on any atom is 0.306 e. The molecule has 4 rings (SSSR count). The number of aromatic hydroxyl groups is 1. The number of ether oxygens (including phenoxy) is 3. The molecule has 0 amide bonds. The van der Waals surface area contributed by atoms with Crippen LogP contribution in [0.5, 0.6) is 28.7 Å². The second-order valence-corrected chi connectivity index (χ2v) is 10.4. The molecule has 0 heterocycles. The number of phenolic OH excluding ortho intramolecular Hbond substituents is 1. The molecule has 0 aliphatic heterocycles. The van der Waals surface area contributed by atoms with Gasteiger partial charge >= 0.3 is 10.1 Å². The van der Waals surface area contributed by atoms with E-state index in [9.17, 15) is 23.6 Å². The Hall–Kier alpha value is -4.77. The Bertz CT molecular complexity index is 1670. The third-order valence-electron chi connectivity index (χ3n) is 6.06. The number of nitrogens with zero attached hydrogens (tertiary/aromatic N) is 1. The standard InChI is InChI=1S/C29H27NO9S/c1-18-10-11-20(14-23(18)30(32)33)22-16-26(36-2)27(29(28(22)37-3)39-40(4,34)35)21-12-13-25(24(31)15-21)38-17-19-8-6-5-7-9-19/h5-16,31H,17H2,1-4H3. The average molecular weight is 566 g/mol. The fourth-order valence-corrected chi connectivity index (χ4v) is 4.66. The van der Waals surface area contributed by atoms with Crippen LogP contribution in [0.25, 0.3) is 22.3 Å². The Morgan fingerprint density at radius 1 is 0.875 bits per heavy atom. The lowest BCUT2D eigenvalue weighted by molar-refractivity contribution is -0.385. The van der Waals surface area contributed by atoms with Crippen LogP contribution in [0.4, 0.5) is 5.69 Å². The molecule has 4 aromatic carbocycles. The number of nitro groups is 1. The highest BCUT2D eigenvalue weighted by molar-refractivity contribution is 7.86. The molecular formula is C29H27NO9S. The molecule has 1 N–H and O–H groups in total. The van der Waals surface area contributed by atoms with Gasteiger partial charge in [0, 0.05) is 17.2 Å². The molecule has 0 aliphatic rings. The molecule has 0 unspecified atom stereocenters. The quantitative estimate of drug-likeness (QED) is 0.142. The zero-order chi connectivity index (χ0) is 29.0. The Morgan fingerprint density at radius 2 is 1.57 bits per heavy atom. The summed E-state index contributed by atoms with van der Waals surface area (Å²) in [7, 11) is -1.37. The van der Waals surface area contributed by atoms with Crippen molar-refractivity contribution in [3.05, 3.63) is 94.0 Å². The van der Waals surface area contributed by atoms with Crippen LogP contribution in [0, 0.1) is 17.0 Å². The summed E-state index contributed by atoms with van der Waals surface area (Å²) in [5.41, 5.74) is 2.45. The highest BCUT2D eigenvalue weighted by Crippen LogP contribution is 2.52. The molecule has 0 aromatic heterocycles. The molecule has 0 aliphatic carbocycles. The van der Waals surface area contributed by atoms with Crippen molar-refractivity contribution in [3.8, 4) is 51.0 Å². The molecule has 0 atom stereocenters. The molecule has 40 heavy (non-hydrogen) atoms.